The van der Waals surface area contributed by atoms with Crippen molar-refractivity contribution in [2.24, 2.45) is 0 Å². The van der Waals surface area contributed by atoms with Gasteiger partial charge in [0.05, 0.1) is 14.2 Å². The lowest BCUT2D eigenvalue weighted by molar-refractivity contribution is 0.340. The van der Waals surface area contributed by atoms with Crippen LogP contribution in [0, 0.1) is 0 Å². The highest BCUT2D eigenvalue weighted by molar-refractivity contribution is 5.27. The van der Waals surface area contributed by atoms with Crippen LogP contribution >= 0.6 is 0 Å². The van der Waals surface area contributed by atoms with Gasteiger partial charge in [-0.05, 0) is 19.4 Å². The number of methoxy groups -OCH3 is 2. The highest BCUT2D eigenvalue weighted by Gasteiger charge is 2.13. The van der Waals surface area contributed by atoms with E-state index in [-0.39, 0.29) is 12.0 Å². The largest absolute Gasteiger partial charge is 0.467 e. The molecule has 0 spiro atoms. The maximum absolute atomic E-state index is 4.99. The van der Waals surface area contributed by atoms with Crippen LogP contribution in [0.2, 0.25) is 0 Å². The van der Waals surface area contributed by atoms with Crippen molar-refractivity contribution in [1.29, 1.82) is 0 Å². The fourth-order valence-electron chi connectivity index (χ4n) is 1.91. The molecule has 1 aliphatic rings. The lowest BCUT2D eigenvalue weighted by Crippen LogP contribution is -2.39. The number of hydrogen-bond donors (Lipinski definition) is 2. The molecule has 1 atom stereocenters. The Balaban J connectivity index is 1.94. The van der Waals surface area contributed by atoms with Gasteiger partial charge in [-0.25, -0.2) is 0 Å². The molecular weight excluding hydrogens is 234 g/mol. The molecule has 0 saturated carbocycles. The number of ether oxygens (including phenoxy) is 2. The van der Waals surface area contributed by atoms with Gasteiger partial charge in [-0.15, -0.1) is 4.98 Å². The molecular formula is C11H19N5O2. The molecule has 0 bridgehead atoms. The summed E-state index contributed by atoms with van der Waals surface area (Å²) in [6.07, 6.45) is 3.69. The van der Waals surface area contributed by atoms with Crippen LogP contribution in [0.25, 0.3) is 0 Å². The first-order valence-corrected chi connectivity index (χ1v) is 6.13. The second-order valence-electron chi connectivity index (χ2n) is 4.16. The maximum Gasteiger partial charge on any atom is 0.324 e. The average molecular weight is 253 g/mol. The first-order chi connectivity index (χ1) is 8.81. The third kappa shape index (κ3) is 3.43. The zero-order chi connectivity index (χ0) is 12.8. The minimum absolute atomic E-state index is 0.251. The molecule has 1 aromatic rings. The molecule has 7 heteroatoms. The summed E-state index contributed by atoms with van der Waals surface area (Å²) < 4.78 is 9.98. The zero-order valence-electron chi connectivity index (χ0n) is 10.8. The van der Waals surface area contributed by atoms with E-state index in [1.165, 1.54) is 33.5 Å². The number of aromatic nitrogens is 3. The highest BCUT2D eigenvalue weighted by atomic mass is 16.5. The Labute approximate surface area is 106 Å². The quantitative estimate of drug-likeness (QED) is 0.788. The molecule has 0 amide bonds. The van der Waals surface area contributed by atoms with E-state index >= 15 is 0 Å². The van der Waals surface area contributed by atoms with E-state index in [0.29, 0.717) is 12.0 Å². The van der Waals surface area contributed by atoms with Crippen LogP contribution in [0.5, 0.6) is 12.0 Å². The molecule has 100 valence electrons. The lowest BCUT2D eigenvalue weighted by atomic mass is 10.1. The van der Waals surface area contributed by atoms with Crippen molar-refractivity contribution >= 4 is 5.95 Å². The number of nitrogens with zero attached hydrogens (tertiary/aromatic N) is 3. The van der Waals surface area contributed by atoms with E-state index in [1.807, 2.05) is 0 Å². The highest BCUT2D eigenvalue weighted by Crippen LogP contribution is 2.13. The topological polar surface area (TPSA) is 81.2 Å². The molecule has 0 radical (unpaired) electrons. The standard InChI is InChI=1S/C11H19N5O2/c1-17-10-14-9(15-11(16-10)18-2)13-7-8-5-3-4-6-12-8/h8,12H,3-7H2,1-2H3,(H,13,14,15,16). The number of nitrogens with one attached hydrogen (secondary N) is 2. The molecule has 0 aliphatic carbocycles. The van der Waals surface area contributed by atoms with E-state index in [1.54, 1.807) is 0 Å². The van der Waals surface area contributed by atoms with Gasteiger partial charge in [-0.2, -0.15) is 9.97 Å². The van der Waals surface area contributed by atoms with Gasteiger partial charge in [-0.1, -0.05) is 6.42 Å². The Morgan fingerprint density at radius 2 is 1.89 bits per heavy atom. The molecule has 1 saturated heterocycles. The number of rotatable bonds is 5. The van der Waals surface area contributed by atoms with Crippen molar-refractivity contribution in [3.63, 3.8) is 0 Å². The third-order valence-electron chi connectivity index (χ3n) is 2.88. The first-order valence-electron chi connectivity index (χ1n) is 6.13. The van der Waals surface area contributed by atoms with Gasteiger partial charge in [0.25, 0.3) is 0 Å². The molecule has 1 aliphatic heterocycles. The van der Waals surface area contributed by atoms with E-state index in [0.717, 1.165) is 13.1 Å². The summed E-state index contributed by atoms with van der Waals surface area (Å²) in [5.74, 6) is 0.478. The summed E-state index contributed by atoms with van der Waals surface area (Å²) >= 11 is 0. The minimum atomic E-state index is 0.251. The SMILES string of the molecule is COc1nc(NCC2CCCCN2)nc(OC)n1. The third-order valence-corrected chi connectivity index (χ3v) is 2.88. The van der Waals surface area contributed by atoms with Crippen LogP contribution < -0.4 is 20.1 Å². The molecule has 2 heterocycles. The van der Waals surface area contributed by atoms with Gasteiger partial charge in [0.2, 0.25) is 5.95 Å². The minimum Gasteiger partial charge on any atom is -0.467 e. The van der Waals surface area contributed by atoms with Gasteiger partial charge in [0.15, 0.2) is 0 Å². The number of anilines is 1. The Morgan fingerprint density at radius 1 is 1.17 bits per heavy atom. The molecule has 1 aromatic heterocycles. The van der Waals surface area contributed by atoms with Gasteiger partial charge in [0.1, 0.15) is 0 Å². The Bertz CT molecular complexity index is 359. The van der Waals surface area contributed by atoms with Crippen LogP contribution in [-0.2, 0) is 0 Å². The van der Waals surface area contributed by atoms with Crippen molar-refractivity contribution in [2.75, 3.05) is 32.6 Å². The second-order valence-corrected chi connectivity index (χ2v) is 4.16. The number of hydrogen-bond acceptors (Lipinski definition) is 7. The van der Waals surface area contributed by atoms with E-state index in [9.17, 15) is 0 Å². The molecule has 18 heavy (non-hydrogen) atoms. The number of piperidine rings is 1. The van der Waals surface area contributed by atoms with E-state index in [4.69, 9.17) is 9.47 Å². The van der Waals surface area contributed by atoms with Crippen molar-refractivity contribution < 1.29 is 9.47 Å². The van der Waals surface area contributed by atoms with Gasteiger partial charge in [-0.3, -0.25) is 0 Å². The van der Waals surface area contributed by atoms with Crippen LogP contribution in [0.1, 0.15) is 19.3 Å². The molecule has 1 fully saturated rings. The lowest BCUT2D eigenvalue weighted by Gasteiger charge is -2.23. The van der Waals surface area contributed by atoms with Crippen molar-refractivity contribution in [3.8, 4) is 12.0 Å². The molecule has 7 nitrogen and oxygen atoms in total. The van der Waals surface area contributed by atoms with Crippen molar-refractivity contribution in [2.45, 2.75) is 25.3 Å². The summed E-state index contributed by atoms with van der Waals surface area (Å²) in [7, 11) is 3.03. The Kier molecular flexibility index (Phi) is 4.52. The van der Waals surface area contributed by atoms with Crippen LogP contribution in [0.3, 0.4) is 0 Å². The van der Waals surface area contributed by atoms with Crippen molar-refractivity contribution in [1.82, 2.24) is 20.3 Å². The zero-order valence-corrected chi connectivity index (χ0v) is 10.8. The van der Waals surface area contributed by atoms with E-state index in [2.05, 4.69) is 25.6 Å². The smallest absolute Gasteiger partial charge is 0.324 e. The predicted octanol–water partition coefficient (Wildman–Crippen LogP) is 0.443. The average Bonchev–Trinajstić information content (AvgIpc) is 2.45. The summed E-state index contributed by atoms with van der Waals surface area (Å²) in [6, 6.07) is 0.967. The first kappa shape index (κ1) is 12.8. The Hall–Kier alpha value is -1.63. The summed E-state index contributed by atoms with van der Waals surface area (Å²) in [5, 5.41) is 6.63. The van der Waals surface area contributed by atoms with Crippen LogP contribution in [-0.4, -0.2) is 48.3 Å². The monoisotopic (exact) mass is 253 g/mol. The van der Waals surface area contributed by atoms with Gasteiger partial charge >= 0.3 is 12.0 Å². The molecule has 1 unspecified atom stereocenters. The second kappa shape index (κ2) is 6.34. The fraction of sp³-hybridized carbons (Fsp3) is 0.727. The van der Waals surface area contributed by atoms with E-state index < -0.39 is 0 Å². The van der Waals surface area contributed by atoms with Crippen molar-refractivity contribution in [3.05, 3.63) is 0 Å². The maximum atomic E-state index is 4.99. The summed E-state index contributed by atoms with van der Waals surface area (Å²) in [4.78, 5) is 12.2. The van der Waals surface area contributed by atoms with Gasteiger partial charge in [0, 0.05) is 12.6 Å². The normalized spacial score (nSPS) is 19.3. The van der Waals surface area contributed by atoms with Crippen LogP contribution in [0.15, 0.2) is 0 Å². The predicted molar refractivity (Wildman–Crippen MR) is 67.1 cm³/mol. The Morgan fingerprint density at radius 3 is 2.44 bits per heavy atom. The van der Waals surface area contributed by atoms with Gasteiger partial charge < -0.3 is 20.1 Å². The molecule has 0 aromatic carbocycles. The summed E-state index contributed by atoms with van der Waals surface area (Å²) in [5.41, 5.74) is 0. The van der Waals surface area contributed by atoms with Crippen LogP contribution in [0.4, 0.5) is 5.95 Å². The molecule has 2 rings (SSSR count). The summed E-state index contributed by atoms with van der Waals surface area (Å²) in [6.45, 7) is 1.87. The molecule has 2 N–H and O–H groups in total. The fourth-order valence-corrected chi connectivity index (χ4v) is 1.91.